The van der Waals surface area contributed by atoms with Crippen molar-refractivity contribution in [2.45, 2.75) is 108 Å². The van der Waals surface area contributed by atoms with Gasteiger partial charge in [-0.1, -0.05) is 206 Å². The zero-order chi connectivity index (χ0) is 98.5. The van der Waals surface area contributed by atoms with Crippen molar-refractivity contribution in [2.75, 3.05) is 75.8 Å². The zero-order valence-corrected chi connectivity index (χ0v) is 80.0. The Morgan fingerprint density at radius 3 is 0.993 bits per heavy atom. The molecule has 0 saturated carbocycles. The van der Waals surface area contributed by atoms with Gasteiger partial charge in [-0.15, -0.1) is 0 Å². The number of amides is 8. The summed E-state index contributed by atoms with van der Waals surface area (Å²) < 4.78 is 125. The molecule has 4 atom stereocenters. The third kappa shape index (κ3) is 26.1. The lowest BCUT2D eigenvalue weighted by Crippen LogP contribution is -2.37. The van der Waals surface area contributed by atoms with Gasteiger partial charge in [0.15, 0.2) is 41.0 Å². The average molecular weight is 1970 g/mol. The van der Waals surface area contributed by atoms with Gasteiger partial charge in [0, 0.05) is 71.6 Å². The van der Waals surface area contributed by atoms with Gasteiger partial charge >= 0.3 is 0 Å². The number of carbonyl (C=O) groups excluding carboxylic acids is 8. The molecule has 0 aliphatic carbocycles. The molecule has 4 heterocycles. The Morgan fingerprint density at radius 1 is 0.317 bits per heavy atom. The fraction of sp³-hybridized carbons (Fsp3) is 0.189. The van der Waals surface area contributed by atoms with Gasteiger partial charge in [0.1, 0.15) is 11.8 Å². The number of sulfonamides is 1. The highest BCUT2D eigenvalue weighted by Crippen LogP contribution is 2.38. The lowest BCUT2D eigenvalue weighted by atomic mass is 9.96. The fourth-order valence-corrected chi connectivity index (χ4v) is 22.5. The number of methoxy groups -OCH3 is 3. The van der Waals surface area contributed by atoms with Crippen molar-refractivity contribution in [1.82, 2.24) is 10.0 Å². The number of nitrogens with one attached hydrogen (secondary N) is 9. The molecule has 28 nitrogen and oxygen atoms in total. The topological polar surface area (TPSA) is 409 Å². The van der Waals surface area contributed by atoms with E-state index in [0.717, 1.165) is 38.9 Å². The second kappa shape index (κ2) is 45.4. The van der Waals surface area contributed by atoms with Crippen LogP contribution in [-0.2, 0) is 104 Å². The summed E-state index contributed by atoms with van der Waals surface area (Å²) in [5.41, 5.74) is 12.1. The third-order valence-electron chi connectivity index (χ3n) is 23.6. The molecule has 4 unspecified atom stereocenters. The average Bonchev–Trinajstić information content (AvgIpc) is 0.798. The first-order valence-corrected chi connectivity index (χ1v) is 51.2. The van der Waals surface area contributed by atoms with Crippen molar-refractivity contribution < 1.29 is 86.2 Å². The van der Waals surface area contributed by atoms with Gasteiger partial charge in [0.05, 0.1) is 87.0 Å². The van der Waals surface area contributed by atoms with Crippen molar-refractivity contribution in [2.24, 2.45) is 0 Å². The van der Waals surface area contributed by atoms with Gasteiger partial charge in [-0.05, 0) is 209 Å². The minimum absolute atomic E-state index is 0.00335. The van der Waals surface area contributed by atoms with E-state index in [4.69, 9.17) is 25.8 Å². The molecule has 0 spiro atoms. The van der Waals surface area contributed by atoms with Crippen LogP contribution in [0.3, 0.4) is 0 Å². The van der Waals surface area contributed by atoms with E-state index in [0.29, 0.717) is 129 Å². The molecule has 0 fully saturated rings. The van der Waals surface area contributed by atoms with E-state index in [1.165, 1.54) is 57.7 Å². The smallest absolute Gasteiger partial charge is 0.247 e. The summed E-state index contributed by atoms with van der Waals surface area (Å²) in [4.78, 5) is 100. The summed E-state index contributed by atoms with van der Waals surface area (Å²) in [6, 6.07) is 88.4. The second-order valence-electron chi connectivity index (χ2n) is 33.2. The highest BCUT2D eigenvalue weighted by Gasteiger charge is 2.36. The van der Waals surface area contributed by atoms with E-state index in [1.54, 1.807) is 188 Å². The number of carbonyl (C=O) groups is 8. The molecule has 139 heavy (non-hydrogen) atoms. The standard InChI is InChI=1S/C31H28N2O4S.C26H26N2O6S.C25H24N2O4S.C24H22ClN3O5S/c34-29-19-16-25-20-26(17-18-28(25)32-29)38(36,37)21-27(22-10-4-1-5-11-22)31(35)33-30(23-12-6-2-7-13-23)24-14-8-3-9-15-24;1-33-23-12-9-19(15-24(23)34-2)27-26(30)21(17-6-4-3-5-7-17)16-35(31,32)20-10-11-22-18(14-20)8-13-25(29)28-22;1-17-6-5-9-20(14-17)26-25(29)22(18-7-3-2-4-8-18)16-32(30,31)21-11-12-23-19(15-21)10-13-24(28)27-23;1-33-21-11-8-17(14-19(21)25)26-24(30)23(15-5-3-2-4-6-15)28-34(31,32)18-9-10-20-16(13-18)7-12-22(29)27-20/h1-15,17-18,20,27,30H,16,19,21H2,(H,32,34)(H,33,35);3-7,9-12,14-15,21H,8,13,16H2,1-2H3,(H,27,30)(H,28,29);2-9,11-12,14-15,22H,10,13,16H2,1H3,(H,26,29)(H,27,28);2-6,8-11,13-14,23,28H,7,12H2,1H3,(H,26,30)(H,27,29). The Hall–Kier alpha value is -14.9. The number of hydrogen-bond donors (Lipinski definition) is 9. The molecule has 4 aliphatic heterocycles. The SMILES string of the molecule is COc1ccc(NC(=O)C(CS(=O)(=O)c2ccc3c(c2)CCC(=O)N3)c2ccccc2)cc1OC.COc1ccc(NC(=O)C(NS(=O)(=O)c2ccc3c(c2)CCC(=O)N3)c2ccccc2)cc1Cl.Cc1cccc(NC(=O)C(CS(=O)(=O)c2ccc3c(c2)CCC(=O)N3)c2ccccc2)c1.O=C1CCc2cc(S(=O)(=O)CC(C(=O)NC(c3ccccc3)c3ccccc3)c3ccccc3)ccc2N1. The van der Waals surface area contributed by atoms with Crippen molar-refractivity contribution in [3.05, 3.63) is 382 Å². The monoisotopic (exact) mass is 1970 g/mol. The lowest BCUT2D eigenvalue weighted by Gasteiger charge is -2.24. The molecule has 33 heteroatoms. The minimum Gasteiger partial charge on any atom is -0.495 e. The van der Waals surface area contributed by atoms with Crippen LogP contribution in [0.2, 0.25) is 5.02 Å². The van der Waals surface area contributed by atoms with Crippen molar-refractivity contribution in [3.8, 4) is 17.2 Å². The van der Waals surface area contributed by atoms with Crippen LogP contribution in [0, 0.1) is 6.92 Å². The zero-order valence-electron chi connectivity index (χ0n) is 76.0. The van der Waals surface area contributed by atoms with E-state index >= 15 is 0 Å². The molecule has 13 aromatic carbocycles. The van der Waals surface area contributed by atoms with Crippen molar-refractivity contribution >= 4 is 138 Å². The predicted molar refractivity (Wildman–Crippen MR) is 534 cm³/mol. The van der Waals surface area contributed by atoms with Crippen LogP contribution in [0.25, 0.3) is 0 Å². The number of rotatable bonds is 29. The van der Waals surface area contributed by atoms with Crippen LogP contribution in [-0.4, -0.2) is 120 Å². The Kier molecular flexibility index (Phi) is 32.6. The summed E-state index contributed by atoms with van der Waals surface area (Å²) in [7, 11) is -11.0. The van der Waals surface area contributed by atoms with Crippen LogP contribution >= 0.6 is 11.6 Å². The Labute approximate surface area is 811 Å². The molecule has 0 radical (unpaired) electrons. The Balaban J connectivity index is 0.000000148. The van der Waals surface area contributed by atoms with E-state index in [9.17, 15) is 72.0 Å². The second-order valence-corrected chi connectivity index (χ2v) is 41.4. The number of anilines is 7. The van der Waals surface area contributed by atoms with Gasteiger partial charge in [0.25, 0.3) is 0 Å². The number of fused-ring (bicyclic) bond motifs is 4. The summed E-state index contributed by atoms with van der Waals surface area (Å²) in [6.07, 6.45) is 3.08. The van der Waals surface area contributed by atoms with Crippen LogP contribution in [0.15, 0.2) is 335 Å². The maximum Gasteiger partial charge on any atom is 0.247 e. The van der Waals surface area contributed by atoms with Crippen molar-refractivity contribution in [3.63, 3.8) is 0 Å². The van der Waals surface area contributed by atoms with E-state index in [-0.39, 0.29) is 73.0 Å². The molecule has 8 amide bonds. The quantitative estimate of drug-likeness (QED) is 0.0210. The first-order valence-electron chi connectivity index (χ1n) is 44.4. The Morgan fingerprint density at radius 2 is 0.633 bits per heavy atom. The number of halogens is 1. The molecule has 17 rings (SSSR count). The molecule has 0 aromatic heterocycles. The van der Waals surface area contributed by atoms with E-state index in [2.05, 4.69) is 47.3 Å². The number of hydrogen-bond acceptors (Lipinski definition) is 19. The molecular formula is C106H100ClN9O19S4. The number of aryl methyl sites for hydroxylation is 5. The maximum absolute atomic E-state index is 13.9. The summed E-state index contributed by atoms with van der Waals surface area (Å²) >= 11 is 6.15. The van der Waals surface area contributed by atoms with Crippen molar-refractivity contribution in [1.29, 1.82) is 0 Å². The largest absolute Gasteiger partial charge is 0.495 e. The van der Waals surface area contributed by atoms with Crippen LogP contribution in [0.4, 0.5) is 39.8 Å². The summed E-state index contributed by atoms with van der Waals surface area (Å²) in [5, 5.41) is 22.8. The molecule has 13 aromatic rings. The van der Waals surface area contributed by atoms with Crippen LogP contribution < -0.4 is 61.5 Å². The summed E-state index contributed by atoms with van der Waals surface area (Å²) in [6.45, 7) is 1.92. The van der Waals surface area contributed by atoms with Crippen LogP contribution in [0.1, 0.15) is 117 Å². The Bertz CT molecular complexity index is 7190. The van der Waals surface area contributed by atoms with Gasteiger partial charge in [-0.25, -0.2) is 33.7 Å². The maximum atomic E-state index is 13.9. The van der Waals surface area contributed by atoms with Gasteiger partial charge < -0.3 is 56.7 Å². The molecule has 714 valence electrons. The normalized spacial score (nSPS) is 14.0. The molecular weight excluding hydrogens is 1870 g/mol. The highest BCUT2D eigenvalue weighted by atomic mass is 35.5. The first-order chi connectivity index (χ1) is 66.8. The molecule has 4 aliphatic rings. The lowest BCUT2D eigenvalue weighted by molar-refractivity contribution is -0.123. The van der Waals surface area contributed by atoms with Gasteiger partial charge in [0.2, 0.25) is 57.3 Å². The van der Waals surface area contributed by atoms with Gasteiger partial charge in [-0.3, -0.25) is 38.4 Å². The molecule has 9 N–H and O–H groups in total. The third-order valence-corrected chi connectivity index (χ3v) is 30.5. The van der Waals surface area contributed by atoms with E-state index < -0.39 is 86.9 Å². The predicted octanol–water partition coefficient (Wildman–Crippen LogP) is 16.8. The first kappa shape index (κ1) is 100. The summed E-state index contributed by atoms with van der Waals surface area (Å²) in [5.74, 6) is -4.68. The minimum atomic E-state index is -4.08. The molecule has 0 bridgehead atoms. The number of ether oxygens (including phenoxy) is 3. The highest BCUT2D eigenvalue weighted by molar-refractivity contribution is 7.92. The van der Waals surface area contributed by atoms with Crippen LogP contribution in [0.5, 0.6) is 17.2 Å². The van der Waals surface area contributed by atoms with Gasteiger partial charge in [-0.2, -0.15) is 4.72 Å². The fourth-order valence-electron chi connectivity index (χ4n) is 16.2. The molecule has 0 saturated heterocycles. The van der Waals surface area contributed by atoms with E-state index in [1.807, 2.05) is 97.9 Å². The number of sulfone groups is 3. The number of benzene rings is 13.